The van der Waals surface area contributed by atoms with Crippen LogP contribution in [0.15, 0.2) is 38.9 Å². The molecule has 2 aromatic carbocycles. The third kappa shape index (κ3) is 5.06. The van der Waals surface area contributed by atoms with Gasteiger partial charge in [0, 0.05) is 34.9 Å². The number of nitrogens with one attached hydrogen (secondary N) is 1. The maximum absolute atomic E-state index is 14.8. The molecule has 0 unspecified atom stereocenters. The predicted molar refractivity (Wildman–Crippen MR) is 168 cm³/mol. The van der Waals surface area contributed by atoms with Gasteiger partial charge in [-0.15, -0.1) is 17.8 Å². The zero-order valence-electron chi connectivity index (χ0n) is 24.6. The number of aryl methyl sites for hydroxylation is 2. The van der Waals surface area contributed by atoms with Crippen molar-refractivity contribution in [3.63, 3.8) is 0 Å². The fourth-order valence-electron chi connectivity index (χ4n) is 6.74. The second kappa shape index (κ2) is 11.1. The highest BCUT2D eigenvalue weighted by molar-refractivity contribution is 7.09. The third-order valence-corrected chi connectivity index (χ3v) is 9.58. The van der Waals surface area contributed by atoms with Crippen molar-refractivity contribution in [3.05, 3.63) is 67.7 Å². The summed E-state index contributed by atoms with van der Waals surface area (Å²) in [6, 6.07) is 5.57. The molecular formula is C33H29F2N5O4S. The Balaban J connectivity index is 1.38. The number of halogens is 2. The van der Waals surface area contributed by atoms with Crippen molar-refractivity contribution >= 4 is 38.8 Å². The van der Waals surface area contributed by atoms with Gasteiger partial charge < -0.3 is 19.6 Å². The van der Waals surface area contributed by atoms with Gasteiger partial charge in [0.1, 0.15) is 41.3 Å². The number of ether oxygens (including phenoxy) is 1. The van der Waals surface area contributed by atoms with Crippen LogP contribution in [0.1, 0.15) is 41.1 Å². The van der Waals surface area contributed by atoms with Crippen LogP contribution in [0, 0.1) is 32.0 Å². The van der Waals surface area contributed by atoms with Gasteiger partial charge in [-0.05, 0) is 56.8 Å². The smallest absolute Gasteiger partial charge is 0.349 e. The topological polar surface area (TPSA) is 114 Å². The Labute approximate surface area is 260 Å². The monoisotopic (exact) mass is 629 g/mol. The van der Waals surface area contributed by atoms with Crippen LogP contribution in [-0.2, 0) is 6.54 Å². The molecule has 0 amide bonds. The molecule has 0 saturated carbocycles. The van der Waals surface area contributed by atoms with Crippen LogP contribution in [0.2, 0.25) is 0 Å². The number of phenolic OH excluding ortho intramolecular Hbond substituents is 1. The molecule has 3 aromatic heterocycles. The molecule has 9 nitrogen and oxygen atoms in total. The second-order valence-electron chi connectivity index (χ2n) is 11.7. The summed E-state index contributed by atoms with van der Waals surface area (Å²) in [7, 11) is 0. The Hall–Kier alpha value is -4.60. The number of fused-ring (bicyclic) bond motifs is 3. The van der Waals surface area contributed by atoms with Crippen LogP contribution in [0.4, 0.5) is 14.6 Å². The number of hydrogen-bond acceptors (Lipinski definition) is 10. The Morgan fingerprint density at radius 2 is 2.11 bits per heavy atom. The van der Waals surface area contributed by atoms with E-state index in [2.05, 4.69) is 31.1 Å². The minimum atomic E-state index is -0.922. The maximum atomic E-state index is 14.8. The van der Waals surface area contributed by atoms with Crippen molar-refractivity contribution in [2.24, 2.45) is 0 Å². The summed E-state index contributed by atoms with van der Waals surface area (Å²) < 4.78 is 41.3. The maximum Gasteiger partial charge on any atom is 0.349 e. The van der Waals surface area contributed by atoms with E-state index in [1.54, 1.807) is 6.92 Å². The van der Waals surface area contributed by atoms with Crippen molar-refractivity contribution in [2.75, 3.05) is 25.0 Å². The van der Waals surface area contributed by atoms with Crippen LogP contribution in [0.3, 0.4) is 0 Å². The first-order chi connectivity index (χ1) is 21.7. The molecule has 2 atom stereocenters. The van der Waals surface area contributed by atoms with E-state index < -0.39 is 23.2 Å². The largest absolute Gasteiger partial charge is 0.508 e. The van der Waals surface area contributed by atoms with Crippen molar-refractivity contribution in [1.82, 2.24) is 19.9 Å². The van der Waals surface area contributed by atoms with Gasteiger partial charge >= 0.3 is 11.6 Å². The fourth-order valence-corrected chi connectivity index (χ4v) is 7.35. The van der Waals surface area contributed by atoms with Gasteiger partial charge in [0.25, 0.3) is 0 Å². The molecule has 7 rings (SSSR count). The molecule has 2 saturated heterocycles. The lowest BCUT2D eigenvalue weighted by Gasteiger charge is -2.30. The van der Waals surface area contributed by atoms with E-state index in [-0.39, 0.29) is 58.5 Å². The third-order valence-electron chi connectivity index (χ3n) is 8.76. The first-order valence-electron chi connectivity index (χ1n) is 14.6. The zero-order chi connectivity index (χ0) is 31.5. The minimum absolute atomic E-state index is 0.0127. The second-order valence-corrected chi connectivity index (χ2v) is 12.7. The van der Waals surface area contributed by atoms with Gasteiger partial charge in [-0.1, -0.05) is 12.0 Å². The number of rotatable bonds is 7. The summed E-state index contributed by atoms with van der Waals surface area (Å²) in [5.74, 6) is 1.90. The zero-order valence-corrected chi connectivity index (χ0v) is 25.4. The van der Waals surface area contributed by atoms with Gasteiger partial charge in [-0.2, -0.15) is 9.97 Å². The molecule has 0 bridgehead atoms. The van der Waals surface area contributed by atoms with Gasteiger partial charge in [0.15, 0.2) is 0 Å². The van der Waals surface area contributed by atoms with Crippen LogP contribution in [0.5, 0.6) is 11.8 Å². The van der Waals surface area contributed by atoms with Gasteiger partial charge in [0.2, 0.25) is 0 Å². The highest BCUT2D eigenvalue weighted by Crippen LogP contribution is 2.41. The summed E-state index contributed by atoms with van der Waals surface area (Å²) in [6.45, 7) is 5.27. The molecule has 2 fully saturated rings. The molecule has 45 heavy (non-hydrogen) atoms. The Morgan fingerprint density at radius 3 is 2.89 bits per heavy atom. The van der Waals surface area contributed by atoms with Crippen molar-refractivity contribution in [3.8, 4) is 35.4 Å². The average molecular weight is 630 g/mol. The normalized spacial score (nSPS) is 19.7. The van der Waals surface area contributed by atoms with Crippen LogP contribution < -0.4 is 15.7 Å². The molecule has 12 heteroatoms. The standard InChI is InChI=1S/C33H29F2N5O4S/c1-4-23-25(35)7-6-19-10-22(41)11-24(26(19)23)29-17(2)28-27(31(42)44-29)30(36-13-21-15-45-18(3)37-21)39-32(38-28)43-16-33-8-5-9-40(33)14-20(34)12-33/h1,6-7,10-11,15,20,41H,5,8-9,12-14,16H2,2-3H3,(H,36,38,39)/t20-,33+/m1/s1. The number of hydrogen-bond donors (Lipinski definition) is 2. The first-order valence-corrected chi connectivity index (χ1v) is 15.5. The number of thiazole rings is 1. The molecule has 5 heterocycles. The van der Waals surface area contributed by atoms with E-state index in [9.17, 15) is 18.7 Å². The van der Waals surface area contributed by atoms with E-state index in [1.165, 1.54) is 35.6 Å². The number of benzene rings is 2. The Bertz CT molecular complexity index is 2090. The quantitative estimate of drug-likeness (QED) is 0.214. The first kappa shape index (κ1) is 29.1. The van der Waals surface area contributed by atoms with Crippen LogP contribution >= 0.6 is 11.3 Å². The number of phenols is 1. The average Bonchev–Trinajstić information content (AvgIpc) is 3.69. The number of aromatic nitrogens is 3. The number of aromatic hydroxyl groups is 1. The highest BCUT2D eigenvalue weighted by Gasteiger charge is 2.49. The summed E-state index contributed by atoms with van der Waals surface area (Å²) in [6.07, 6.45) is 6.91. The lowest BCUT2D eigenvalue weighted by molar-refractivity contribution is 0.107. The fraction of sp³-hybridized carbons (Fsp3) is 0.333. The molecule has 5 aromatic rings. The lowest BCUT2D eigenvalue weighted by atomic mass is 9.95. The van der Waals surface area contributed by atoms with Crippen molar-refractivity contribution < 1.29 is 23.0 Å². The SMILES string of the molecule is C#Cc1c(F)ccc2cc(O)cc(-c3oc(=O)c4c(NCc5csc(C)n5)nc(OC[C@@]56CCCN5C[C@H](F)C6)nc4c3C)c12. The van der Waals surface area contributed by atoms with E-state index in [0.29, 0.717) is 29.3 Å². The lowest BCUT2D eigenvalue weighted by Crippen LogP contribution is -2.43. The summed E-state index contributed by atoms with van der Waals surface area (Å²) in [5, 5.41) is 17.4. The predicted octanol–water partition coefficient (Wildman–Crippen LogP) is 5.87. The van der Waals surface area contributed by atoms with Crippen LogP contribution in [0.25, 0.3) is 33.0 Å². The van der Waals surface area contributed by atoms with Crippen molar-refractivity contribution in [1.29, 1.82) is 0 Å². The molecule has 0 radical (unpaired) electrons. The molecular weight excluding hydrogens is 600 g/mol. The van der Waals surface area contributed by atoms with Crippen LogP contribution in [-0.4, -0.2) is 56.4 Å². The number of nitrogens with zero attached hydrogens (tertiary/aromatic N) is 4. The molecule has 2 aliphatic rings. The molecule has 0 aliphatic carbocycles. The molecule has 2 N–H and O–H groups in total. The Morgan fingerprint density at radius 1 is 1.27 bits per heavy atom. The summed E-state index contributed by atoms with van der Waals surface area (Å²) in [5.41, 5.74) is 0.460. The van der Waals surface area contributed by atoms with Gasteiger partial charge in [0.05, 0.1) is 33.9 Å². The van der Waals surface area contributed by atoms with E-state index >= 15 is 0 Å². The number of alkyl halides is 1. The number of terminal acetylenes is 1. The summed E-state index contributed by atoms with van der Waals surface area (Å²) in [4.78, 5) is 29.5. The van der Waals surface area contributed by atoms with E-state index in [4.69, 9.17) is 15.6 Å². The van der Waals surface area contributed by atoms with Gasteiger partial charge in [-0.3, -0.25) is 4.90 Å². The van der Waals surface area contributed by atoms with E-state index in [1.807, 2.05) is 12.3 Å². The summed E-state index contributed by atoms with van der Waals surface area (Å²) >= 11 is 1.50. The van der Waals surface area contributed by atoms with Gasteiger partial charge in [-0.25, -0.2) is 18.6 Å². The highest BCUT2D eigenvalue weighted by atomic mass is 32.1. The Kier molecular flexibility index (Phi) is 7.17. The molecule has 230 valence electrons. The molecule has 2 aliphatic heterocycles. The van der Waals surface area contributed by atoms with E-state index in [0.717, 1.165) is 30.1 Å². The van der Waals surface area contributed by atoms with Crippen molar-refractivity contribution in [2.45, 2.75) is 51.4 Å². The number of anilines is 1. The molecule has 0 spiro atoms. The minimum Gasteiger partial charge on any atom is -0.508 e.